The van der Waals surface area contributed by atoms with Crippen LogP contribution >= 0.6 is 0 Å². The third-order valence-corrected chi connectivity index (χ3v) is 3.63. The standard InChI is InChI=1S/C12H16O4S/c1-9-7-10(4-5-12(9)17(13)14)16-8-11-3-2-6-15-11/h4-5,7,11H,2-3,6,8H2,1H3,(H,13,14). The van der Waals surface area contributed by atoms with E-state index in [0.29, 0.717) is 17.3 Å². The molecule has 2 atom stereocenters. The first-order chi connectivity index (χ1) is 8.16. The molecule has 1 aliphatic rings. The minimum Gasteiger partial charge on any atom is -0.491 e. The normalized spacial score (nSPS) is 21.4. The largest absolute Gasteiger partial charge is 0.491 e. The van der Waals surface area contributed by atoms with Crippen molar-refractivity contribution in [1.82, 2.24) is 0 Å². The van der Waals surface area contributed by atoms with Crippen LogP contribution in [-0.2, 0) is 15.8 Å². The van der Waals surface area contributed by atoms with Gasteiger partial charge >= 0.3 is 0 Å². The SMILES string of the molecule is Cc1cc(OCC2CCCO2)ccc1S(=O)O. The van der Waals surface area contributed by atoms with Gasteiger partial charge in [0.15, 0.2) is 11.1 Å². The first-order valence-corrected chi connectivity index (χ1v) is 6.73. The first kappa shape index (κ1) is 12.5. The van der Waals surface area contributed by atoms with Crippen LogP contribution < -0.4 is 4.74 Å². The predicted molar refractivity (Wildman–Crippen MR) is 64.7 cm³/mol. The fraction of sp³-hybridized carbons (Fsp3) is 0.500. The van der Waals surface area contributed by atoms with E-state index in [9.17, 15) is 4.21 Å². The van der Waals surface area contributed by atoms with Crippen LogP contribution in [0.2, 0.25) is 0 Å². The monoisotopic (exact) mass is 256 g/mol. The molecule has 1 aromatic rings. The van der Waals surface area contributed by atoms with Crippen LogP contribution in [-0.4, -0.2) is 28.1 Å². The van der Waals surface area contributed by atoms with Gasteiger partial charge in [0.2, 0.25) is 0 Å². The summed E-state index contributed by atoms with van der Waals surface area (Å²) in [6.07, 6.45) is 2.31. The van der Waals surface area contributed by atoms with Crippen LogP contribution in [0.3, 0.4) is 0 Å². The van der Waals surface area contributed by atoms with Crippen LogP contribution in [0.4, 0.5) is 0 Å². The molecule has 0 aliphatic carbocycles. The summed E-state index contributed by atoms with van der Waals surface area (Å²) < 4.78 is 31.0. The second-order valence-electron chi connectivity index (χ2n) is 4.12. The van der Waals surface area contributed by atoms with Crippen LogP contribution in [0.5, 0.6) is 5.75 Å². The molecular weight excluding hydrogens is 240 g/mol. The molecule has 0 spiro atoms. The Labute approximate surface area is 103 Å². The lowest BCUT2D eigenvalue weighted by molar-refractivity contribution is 0.0679. The molecule has 1 fully saturated rings. The van der Waals surface area contributed by atoms with Gasteiger partial charge in [0.25, 0.3) is 0 Å². The van der Waals surface area contributed by atoms with E-state index in [1.807, 2.05) is 0 Å². The van der Waals surface area contributed by atoms with Gasteiger partial charge in [-0.2, -0.15) is 0 Å². The minimum atomic E-state index is -1.93. The van der Waals surface area contributed by atoms with E-state index in [4.69, 9.17) is 14.0 Å². The lowest BCUT2D eigenvalue weighted by Gasteiger charge is -2.12. The summed E-state index contributed by atoms with van der Waals surface area (Å²) in [4.78, 5) is 0.425. The highest BCUT2D eigenvalue weighted by Crippen LogP contribution is 2.20. The average molecular weight is 256 g/mol. The molecule has 94 valence electrons. The fourth-order valence-corrected chi connectivity index (χ4v) is 2.39. The molecule has 17 heavy (non-hydrogen) atoms. The Bertz CT molecular complexity index is 413. The molecule has 4 nitrogen and oxygen atoms in total. The fourth-order valence-electron chi connectivity index (χ4n) is 1.87. The number of aryl methyl sites for hydroxylation is 1. The maximum Gasteiger partial charge on any atom is 0.186 e. The maximum absolute atomic E-state index is 11.0. The van der Waals surface area contributed by atoms with Crippen molar-refractivity contribution in [3.8, 4) is 5.75 Å². The minimum absolute atomic E-state index is 0.182. The van der Waals surface area contributed by atoms with E-state index in [1.165, 1.54) is 0 Å². The lowest BCUT2D eigenvalue weighted by atomic mass is 10.2. The van der Waals surface area contributed by atoms with Gasteiger partial charge in [-0.25, -0.2) is 4.21 Å². The van der Waals surface area contributed by atoms with Crippen LogP contribution in [0, 0.1) is 6.92 Å². The van der Waals surface area contributed by atoms with Crippen LogP contribution in [0.15, 0.2) is 23.1 Å². The van der Waals surface area contributed by atoms with Crippen molar-refractivity contribution in [2.45, 2.75) is 30.8 Å². The predicted octanol–water partition coefficient (Wildman–Crippen LogP) is 2.13. The Morgan fingerprint density at radius 1 is 1.59 bits per heavy atom. The molecular formula is C12H16O4S. The molecule has 0 radical (unpaired) electrons. The third-order valence-electron chi connectivity index (χ3n) is 2.79. The summed E-state index contributed by atoms with van der Waals surface area (Å²) in [6, 6.07) is 5.11. The molecule has 0 bridgehead atoms. The van der Waals surface area contributed by atoms with Crippen molar-refractivity contribution in [3.05, 3.63) is 23.8 Å². The zero-order valence-electron chi connectivity index (χ0n) is 9.72. The van der Waals surface area contributed by atoms with Crippen molar-refractivity contribution >= 4 is 11.1 Å². The van der Waals surface area contributed by atoms with Crippen molar-refractivity contribution in [2.24, 2.45) is 0 Å². The average Bonchev–Trinajstić information content (AvgIpc) is 2.78. The Morgan fingerprint density at radius 3 is 3.00 bits per heavy atom. The molecule has 2 rings (SSSR count). The van der Waals surface area contributed by atoms with Crippen molar-refractivity contribution in [3.63, 3.8) is 0 Å². The van der Waals surface area contributed by atoms with E-state index in [2.05, 4.69) is 0 Å². The molecule has 0 saturated carbocycles. The van der Waals surface area contributed by atoms with Gasteiger partial charge in [-0.15, -0.1) is 0 Å². The summed E-state index contributed by atoms with van der Waals surface area (Å²) >= 11 is -1.93. The van der Waals surface area contributed by atoms with Crippen molar-refractivity contribution < 1.29 is 18.2 Å². The first-order valence-electron chi connectivity index (χ1n) is 5.63. The van der Waals surface area contributed by atoms with Gasteiger partial charge in [0.05, 0.1) is 11.0 Å². The molecule has 1 N–H and O–H groups in total. The topological polar surface area (TPSA) is 55.8 Å². The third kappa shape index (κ3) is 3.28. The molecule has 2 unspecified atom stereocenters. The number of hydrogen-bond donors (Lipinski definition) is 1. The Balaban J connectivity index is 1.97. The van der Waals surface area contributed by atoms with Crippen LogP contribution in [0.25, 0.3) is 0 Å². The smallest absolute Gasteiger partial charge is 0.186 e. The van der Waals surface area contributed by atoms with E-state index < -0.39 is 11.1 Å². The van der Waals surface area contributed by atoms with E-state index in [-0.39, 0.29) is 6.10 Å². The molecule has 5 heteroatoms. The number of rotatable bonds is 4. The van der Waals surface area contributed by atoms with Gasteiger partial charge in [-0.05, 0) is 43.5 Å². The molecule has 1 heterocycles. The second kappa shape index (κ2) is 5.62. The van der Waals surface area contributed by atoms with Crippen LogP contribution in [0.1, 0.15) is 18.4 Å². The molecule has 0 amide bonds. The van der Waals surface area contributed by atoms with Crippen molar-refractivity contribution in [2.75, 3.05) is 13.2 Å². The van der Waals surface area contributed by atoms with Gasteiger partial charge in [0.1, 0.15) is 12.4 Å². The van der Waals surface area contributed by atoms with E-state index in [0.717, 1.165) is 25.0 Å². The molecule has 1 aliphatic heterocycles. The Morgan fingerprint density at radius 2 is 2.41 bits per heavy atom. The summed E-state index contributed by atoms with van der Waals surface area (Å²) in [6.45, 7) is 3.15. The Hall–Kier alpha value is -0.910. The maximum atomic E-state index is 11.0. The highest BCUT2D eigenvalue weighted by atomic mass is 32.2. The van der Waals surface area contributed by atoms with E-state index >= 15 is 0 Å². The zero-order chi connectivity index (χ0) is 12.3. The molecule has 1 saturated heterocycles. The number of hydrogen-bond acceptors (Lipinski definition) is 3. The number of ether oxygens (including phenoxy) is 2. The van der Waals surface area contributed by atoms with Gasteiger partial charge in [0, 0.05) is 6.61 Å². The lowest BCUT2D eigenvalue weighted by Crippen LogP contribution is -2.16. The van der Waals surface area contributed by atoms with Crippen molar-refractivity contribution in [1.29, 1.82) is 0 Å². The van der Waals surface area contributed by atoms with Gasteiger partial charge < -0.3 is 14.0 Å². The van der Waals surface area contributed by atoms with E-state index in [1.54, 1.807) is 25.1 Å². The second-order valence-corrected chi connectivity index (χ2v) is 5.06. The summed E-state index contributed by atoms with van der Waals surface area (Å²) in [5, 5.41) is 0. The summed E-state index contributed by atoms with van der Waals surface area (Å²) in [5.41, 5.74) is 0.760. The summed E-state index contributed by atoms with van der Waals surface area (Å²) in [7, 11) is 0. The molecule has 1 aromatic carbocycles. The summed E-state index contributed by atoms with van der Waals surface area (Å²) in [5.74, 6) is 0.715. The van der Waals surface area contributed by atoms with Gasteiger partial charge in [-0.1, -0.05) is 0 Å². The highest BCUT2D eigenvalue weighted by molar-refractivity contribution is 7.79. The quantitative estimate of drug-likeness (QED) is 0.838. The van der Waals surface area contributed by atoms with Gasteiger partial charge in [-0.3, -0.25) is 0 Å². The highest BCUT2D eigenvalue weighted by Gasteiger charge is 2.16. The molecule has 0 aromatic heterocycles. The zero-order valence-corrected chi connectivity index (χ0v) is 10.5. The Kier molecular flexibility index (Phi) is 4.15. The number of benzene rings is 1.